The first-order valence-electron chi connectivity index (χ1n) is 6.85. The Bertz CT molecular complexity index is 322. The van der Waals surface area contributed by atoms with Crippen molar-refractivity contribution >= 4 is 6.09 Å². The molecular formula is C14H27NO4. The van der Waals surface area contributed by atoms with E-state index in [1.807, 2.05) is 41.5 Å². The Morgan fingerprint density at radius 3 is 2.58 bits per heavy atom. The Morgan fingerprint density at radius 1 is 1.53 bits per heavy atom. The number of nitrogens with zero attached hydrogens (tertiary/aromatic N) is 1. The lowest BCUT2D eigenvalue weighted by Gasteiger charge is -2.36. The van der Waals surface area contributed by atoms with Crippen molar-refractivity contribution in [3.05, 3.63) is 0 Å². The Hall–Kier alpha value is -0.810. The number of aliphatic hydroxyl groups is 1. The fourth-order valence-corrected chi connectivity index (χ4v) is 2.31. The zero-order valence-corrected chi connectivity index (χ0v) is 12.9. The van der Waals surface area contributed by atoms with Crippen LogP contribution in [0.3, 0.4) is 0 Å². The van der Waals surface area contributed by atoms with Crippen LogP contribution in [0, 0.1) is 5.92 Å². The zero-order chi connectivity index (χ0) is 14.8. The first-order valence-corrected chi connectivity index (χ1v) is 6.85. The molecule has 112 valence electrons. The van der Waals surface area contributed by atoms with Gasteiger partial charge in [0.15, 0.2) is 0 Å². The van der Waals surface area contributed by atoms with Crippen LogP contribution in [0.15, 0.2) is 0 Å². The summed E-state index contributed by atoms with van der Waals surface area (Å²) in [6.07, 6.45) is 0.286. The normalized spacial score (nSPS) is 24.4. The van der Waals surface area contributed by atoms with Crippen molar-refractivity contribution in [3.8, 4) is 0 Å². The van der Waals surface area contributed by atoms with E-state index in [4.69, 9.17) is 14.6 Å². The maximum Gasteiger partial charge on any atom is 0.412 e. The quantitative estimate of drug-likeness (QED) is 0.857. The number of ether oxygens (including phenoxy) is 2. The molecule has 0 aromatic heterocycles. The molecular weight excluding hydrogens is 246 g/mol. The van der Waals surface area contributed by atoms with Crippen molar-refractivity contribution in [2.45, 2.75) is 65.3 Å². The molecule has 0 aromatic carbocycles. The third-order valence-electron chi connectivity index (χ3n) is 3.35. The van der Waals surface area contributed by atoms with Crippen molar-refractivity contribution in [1.82, 2.24) is 4.90 Å². The number of amides is 1. The van der Waals surface area contributed by atoms with Crippen molar-refractivity contribution in [1.29, 1.82) is 0 Å². The average Bonchev–Trinajstić information content (AvgIpc) is 2.51. The fraction of sp³-hybridized carbons (Fsp3) is 0.929. The van der Waals surface area contributed by atoms with Gasteiger partial charge in [-0.15, -0.1) is 0 Å². The van der Waals surface area contributed by atoms with Gasteiger partial charge in [-0.3, -0.25) is 4.90 Å². The van der Waals surface area contributed by atoms with Gasteiger partial charge in [0.25, 0.3) is 0 Å². The first-order chi connectivity index (χ1) is 8.58. The number of hydrogen-bond donors (Lipinski definition) is 1. The number of carbonyl (C=O) groups is 1. The molecule has 1 N–H and O–H groups in total. The highest BCUT2D eigenvalue weighted by atomic mass is 16.6. The Kier molecular flexibility index (Phi) is 4.85. The number of rotatable bonds is 3. The SMILES string of the molecule is C[C@H](CCO)C1COC(C)(C)N1C(=O)OC(C)(C)C. The summed E-state index contributed by atoms with van der Waals surface area (Å²) in [4.78, 5) is 14.0. The molecule has 0 spiro atoms. The van der Waals surface area contributed by atoms with E-state index in [0.29, 0.717) is 13.0 Å². The summed E-state index contributed by atoms with van der Waals surface area (Å²) in [5.41, 5.74) is -1.20. The molecule has 2 atom stereocenters. The third kappa shape index (κ3) is 4.08. The molecule has 1 heterocycles. The third-order valence-corrected chi connectivity index (χ3v) is 3.35. The molecule has 0 radical (unpaired) electrons. The van der Waals surface area contributed by atoms with Gasteiger partial charge >= 0.3 is 6.09 Å². The van der Waals surface area contributed by atoms with Crippen molar-refractivity contribution in [3.63, 3.8) is 0 Å². The summed E-state index contributed by atoms with van der Waals surface area (Å²) in [7, 11) is 0. The second-order valence-corrected chi connectivity index (χ2v) is 6.67. The Labute approximate surface area is 115 Å². The molecule has 1 aliphatic rings. The lowest BCUT2D eigenvalue weighted by atomic mass is 9.98. The van der Waals surface area contributed by atoms with E-state index in [1.54, 1.807) is 4.90 Å². The molecule has 1 fully saturated rings. The highest BCUT2D eigenvalue weighted by Gasteiger charge is 2.47. The van der Waals surface area contributed by atoms with E-state index in [9.17, 15) is 4.79 Å². The fourth-order valence-electron chi connectivity index (χ4n) is 2.31. The van der Waals surface area contributed by atoms with Gasteiger partial charge in [0.1, 0.15) is 11.3 Å². The highest BCUT2D eigenvalue weighted by Crippen LogP contribution is 2.33. The standard InChI is InChI=1S/C14H27NO4/c1-10(7-8-16)11-9-18-14(5,6)15(11)12(17)19-13(2,3)4/h10-11,16H,7-9H2,1-6H3/t10-,11?/m1/s1. The number of carbonyl (C=O) groups excluding carboxylic acids is 1. The Morgan fingerprint density at radius 2 is 2.11 bits per heavy atom. The lowest BCUT2D eigenvalue weighted by molar-refractivity contribution is -0.0645. The second-order valence-electron chi connectivity index (χ2n) is 6.67. The van der Waals surface area contributed by atoms with Gasteiger partial charge < -0.3 is 14.6 Å². The Balaban J connectivity index is 2.87. The molecule has 1 unspecified atom stereocenters. The minimum absolute atomic E-state index is 0.0583. The van der Waals surface area contributed by atoms with Crippen molar-refractivity contribution in [2.24, 2.45) is 5.92 Å². The van der Waals surface area contributed by atoms with Crippen LogP contribution in [0.1, 0.15) is 48.0 Å². The van der Waals surface area contributed by atoms with Gasteiger partial charge in [0.2, 0.25) is 0 Å². The van der Waals surface area contributed by atoms with Gasteiger partial charge in [0, 0.05) is 6.61 Å². The van der Waals surface area contributed by atoms with Crippen molar-refractivity contribution < 1.29 is 19.4 Å². The molecule has 0 bridgehead atoms. The van der Waals surface area contributed by atoms with Crippen LogP contribution >= 0.6 is 0 Å². The minimum Gasteiger partial charge on any atom is -0.444 e. The zero-order valence-electron chi connectivity index (χ0n) is 12.9. The van der Waals surface area contributed by atoms with E-state index in [-0.39, 0.29) is 24.7 Å². The van der Waals surface area contributed by atoms with Crippen LogP contribution in [-0.4, -0.2) is 46.7 Å². The molecule has 19 heavy (non-hydrogen) atoms. The van der Waals surface area contributed by atoms with Crippen LogP contribution in [-0.2, 0) is 9.47 Å². The monoisotopic (exact) mass is 273 g/mol. The van der Waals surface area contributed by atoms with E-state index >= 15 is 0 Å². The van der Waals surface area contributed by atoms with E-state index < -0.39 is 11.3 Å². The van der Waals surface area contributed by atoms with Gasteiger partial charge in [-0.25, -0.2) is 4.79 Å². The summed E-state index contributed by atoms with van der Waals surface area (Å²) in [6.45, 7) is 11.9. The van der Waals surface area contributed by atoms with E-state index in [2.05, 4.69) is 0 Å². The summed E-state index contributed by atoms with van der Waals surface area (Å²) in [5.74, 6) is 0.166. The van der Waals surface area contributed by atoms with E-state index in [0.717, 1.165) is 0 Å². The predicted molar refractivity (Wildman–Crippen MR) is 72.8 cm³/mol. The molecule has 1 saturated heterocycles. The molecule has 1 amide bonds. The largest absolute Gasteiger partial charge is 0.444 e. The van der Waals surface area contributed by atoms with Crippen LogP contribution in [0.25, 0.3) is 0 Å². The van der Waals surface area contributed by atoms with Gasteiger partial charge in [-0.05, 0) is 47.0 Å². The van der Waals surface area contributed by atoms with Crippen molar-refractivity contribution in [2.75, 3.05) is 13.2 Å². The van der Waals surface area contributed by atoms with Crippen LogP contribution in [0.4, 0.5) is 4.79 Å². The average molecular weight is 273 g/mol. The number of hydrogen-bond acceptors (Lipinski definition) is 4. The minimum atomic E-state index is -0.670. The maximum atomic E-state index is 12.4. The van der Waals surface area contributed by atoms with Gasteiger partial charge in [-0.1, -0.05) is 6.92 Å². The lowest BCUT2D eigenvalue weighted by Crippen LogP contribution is -2.51. The smallest absolute Gasteiger partial charge is 0.412 e. The summed E-state index contributed by atoms with van der Waals surface area (Å²) in [5, 5.41) is 9.06. The maximum absolute atomic E-state index is 12.4. The molecule has 0 aromatic rings. The highest BCUT2D eigenvalue weighted by molar-refractivity contribution is 5.69. The molecule has 5 heteroatoms. The van der Waals surface area contributed by atoms with Gasteiger partial charge in [0.05, 0.1) is 12.6 Å². The summed E-state index contributed by atoms with van der Waals surface area (Å²) >= 11 is 0. The first kappa shape index (κ1) is 16.2. The van der Waals surface area contributed by atoms with E-state index in [1.165, 1.54) is 0 Å². The van der Waals surface area contributed by atoms with Gasteiger partial charge in [-0.2, -0.15) is 0 Å². The summed E-state index contributed by atoms with van der Waals surface area (Å²) in [6, 6.07) is -0.0583. The molecule has 1 aliphatic heterocycles. The van der Waals surface area contributed by atoms with Crippen LogP contribution < -0.4 is 0 Å². The second kappa shape index (κ2) is 5.67. The van der Waals surface area contributed by atoms with Crippen LogP contribution in [0.2, 0.25) is 0 Å². The summed E-state index contributed by atoms with van der Waals surface area (Å²) < 4.78 is 11.2. The molecule has 1 rings (SSSR count). The molecule has 0 aliphatic carbocycles. The topological polar surface area (TPSA) is 59.0 Å². The molecule has 5 nitrogen and oxygen atoms in total. The van der Waals surface area contributed by atoms with Crippen LogP contribution in [0.5, 0.6) is 0 Å². The number of aliphatic hydroxyl groups excluding tert-OH is 1. The predicted octanol–water partition coefficient (Wildman–Crippen LogP) is 2.38. The molecule has 0 saturated carbocycles.